The molecule has 1 aliphatic heterocycles. The summed E-state index contributed by atoms with van der Waals surface area (Å²) in [6.07, 6.45) is 0.767. The normalized spacial score (nSPS) is 19.6. The van der Waals surface area contributed by atoms with Gasteiger partial charge in [-0.2, -0.15) is 0 Å². The molecular weight excluding hydrogens is 498 g/mol. The van der Waals surface area contributed by atoms with Crippen molar-refractivity contribution in [1.82, 2.24) is 9.88 Å². The zero-order valence-corrected chi connectivity index (χ0v) is 21.2. The van der Waals surface area contributed by atoms with E-state index in [9.17, 15) is 22.0 Å². The molecule has 9 heteroatoms. The lowest BCUT2D eigenvalue weighted by Gasteiger charge is -2.24. The Bertz CT molecular complexity index is 1600. The number of hydrogen-bond donors (Lipinski definition) is 1. The van der Waals surface area contributed by atoms with Gasteiger partial charge in [0.2, 0.25) is 6.36 Å². The van der Waals surface area contributed by atoms with Crippen molar-refractivity contribution in [3.63, 3.8) is 0 Å². The summed E-state index contributed by atoms with van der Waals surface area (Å²) in [5.41, 5.74) is 2.56. The van der Waals surface area contributed by atoms with Gasteiger partial charge in [0.05, 0.1) is 22.6 Å². The smallest absolute Gasteiger partial charge is 0.251 e. The molecule has 1 amide bonds. The number of hydrogen-bond acceptors (Lipinski definition) is 4. The molecule has 2 atom stereocenters. The quantitative estimate of drug-likeness (QED) is 0.365. The molecule has 3 aromatic carbocycles. The number of carbonyl (C=O) groups excluding carboxylic acids is 1. The van der Waals surface area contributed by atoms with E-state index < -0.39 is 21.7 Å². The lowest BCUT2D eigenvalue weighted by Crippen LogP contribution is -2.46. The van der Waals surface area contributed by atoms with Gasteiger partial charge in [-0.25, -0.2) is 17.2 Å². The maximum atomic E-state index is 13.6. The first-order valence-corrected chi connectivity index (χ1v) is 13.7. The number of fused-ring (bicyclic) bond motifs is 1. The van der Waals surface area contributed by atoms with Crippen LogP contribution in [0.2, 0.25) is 0 Å². The number of alkyl halides is 1. The highest BCUT2D eigenvalue weighted by Crippen LogP contribution is 2.34. The number of aromatic nitrogens is 1. The molecule has 5 rings (SSSR count). The van der Waals surface area contributed by atoms with Crippen molar-refractivity contribution < 1.29 is 26.7 Å². The molecular formula is C28H26F2N2O4S. The summed E-state index contributed by atoms with van der Waals surface area (Å²) in [5, 5.41) is 3.64. The van der Waals surface area contributed by atoms with Crippen molar-refractivity contribution in [2.24, 2.45) is 0 Å². The number of rotatable bonds is 6. The van der Waals surface area contributed by atoms with Gasteiger partial charge in [-0.15, -0.1) is 0 Å². The summed E-state index contributed by atoms with van der Waals surface area (Å²) in [7, 11) is -3.18. The van der Waals surface area contributed by atoms with Gasteiger partial charge in [0.25, 0.3) is 5.91 Å². The minimum Gasteiger partial charge on any atom is -0.461 e. The average Bonchev–Trinajstić information content (AvgIpc) is 3.35. The van der Waals surface area contributed by atoms with Crippen LogP contribution in [0.5, 0.6) is 5.75 Å². The Labute approximate surface area is 213 Å². The third-order valence-electron chi connectivity index (χ3n) is 6.53. The zero-order valence-electron chi connectivity index (χ0n) is 20.4. The van der Waals surface area contributed by atoms with Crippen LogP contribution in [0.3, 0.4) is 0 Å². The third-order valence-corrected chi connectivity index (χ3v) is 8.44. The molecule has 0 saturated carbocycles. The Hall–Kier alpha value is -3.72. The minimum atomic E-state index is -3.18. The largest absolute Gasteiger partial charge is 0.461 e. The molecule has 4 aromatic rings. The van der Waals surface area contributed by atoms with Crippen molar-refractivity contribution in [1.29, 1.82) is 0 Å². The minimum absolute atomic E-state index is 0.0460. The molecule has 37 heavy (non-hydrogen) atoms. The first kappa shape index (κ1) is 25.0. The number of nitrogens with one attached hydrogen (secondary N) is 1. The highest BCUT2D eigenvalue weighted by Gasteiger charge is 2.39. The number of halogens is 2. The van der Waals surface area contributed by atoms with Crippen LogP contribution in [0.15, 0.2) is 72.9 Å². The lowest BCUT2D eigenvalue weighted by molar-refractivity contribution is 0.0860. The van der Waals surface area contributed by atoms with Gasteiger partial charge in [0.15, 0.2) is 9.84 Å². The summed E-state index contributed by atoms with van der Waals surface area (Å²) < 4.78 is 58.1. The highest BCUT2D eigenvalue weighted by molar-refractivity contribution is 7.91. The van der Waals surface area contributed by atoms with E-state index in [1.807, 2.05) is 16.8 Å². The number of ether oxygens (including phenoxy) is 1. The second-order valence-electron chi connectivity index (χ2n) is 9.67. The first-order chi connectivity index (χ1) is 17.5. The van der Waals surface area contributed by atoms with E-state index in [-0.39, 0.29) is 23.2 Å². The van der Waals surface area contributed by atoms with E-state index >= 15 is 0 Å². The molecule has 1 unspecified atom stereocenters. The van der Waals surface area contributed by atoms with Gasteiger partial charge in [0.1, 0.15) is 11.6 Å². The van der Waals surface area contributed by atoms with Gasteiger partial charge in [-0.05, 0) is 61.4 Å². The predicted molar refractivity (Wildman–Crippen MR) is 139 cm³/mol. The van der Waals surface area contributed by atoms with Crippen LogP contribution in [0.4, 0.5) is 8.78 Å². The van der Waals surface area contributed by atoms with Gasteiger partial charge < -0.3 is 14.6 Å². The molecule has 0 aliphatic carbocycles. The van der Waals surface area contributed by atoms with E-state index in [0.29, 0.717) is 17.7 Å². The number of carbonyl (C=O) groups is 1. The van der Waals surface area contributed by atoms with E-state index in [1.54, 1.807) is 55.5 Å². The van der Waals surface area contributed by atoms with Gasteiger partial charge in [-0.3, -0.25) is 4.79 Å². The molecule has 6 nitrogen and oxygen atoms in total. The van der Waals surface area contributed by atoms with E-state index in [4.69, 9.17) is 4.74 Å². The first-order valence-electron chi connectivity index (χ1n) is 11.9. The molecule has 1 N–H and O–H groups in total. The fourth-order valence-corrected chi connectivity index (χ4v) is 6.89. The fourth-order valence-electron chi connectivity index (χ4n) is 4.79. The Morgan fingerprint density at radius 2 is 1.86 bits per heavy atom. The maximum absolute atomic E-state index is 13.6. The SMILES string of the molecule is CC(F)Oc1cccc(-n2cc(-c3ccc(F)cc3)c3cc(C(=O)N[C@@]4(C)CCS(=O)(=O)C4)ccc32)c1. The van der Waals surface area contributed by atoms with Gasteiger partial charge >= 0.3 is 0 Å². The molecule has 1 saturated heterocycles. The van der Waals surface area contributed by atoms with E-state index in [1.165, 1.54) is 19.1 Å². The summed E-state index contributed by atoms with van der Waals surface area (Å²) >= 11 is 0. The summed E-state index contributed by atoms with van der Waals surface area (Å²) in [6, 6.07) is 18.3. The molecule has 1 aromatic heterocycles. The molecule has 0 radical (unpaired) electrons. The van der Waals surface area contributed by atoms with Crippen molar-refractivity contribution in [3.8, 4) is 22.6 Å². The zero-order chi connectivity index (χ0) is 26.4. The summed E-state index contributed by atoms with van der Waals surface area (Å²) in [6.45, 7) is 3.04. The second-order valence-corrected chi connectivity index (χ2v) is 11.9. The second kappa shape index (κ2) is 9.30. The molecule has 0 spiro atoms. The third kappa shape index (κ3) is 5.22. The van der Waals surface area contributed by atoms with Crippen molar-refractivity contribution in [2.75, 3.05) is 11.5 Å². The van der Waals surface area contributed by atoms with Crippen LogP contribution < -0.4 is 10.1 Å². The van der Waals surface area contributed by atoms with Crippen LogP contribution in [0.1, 0.15) is 30.6 Å². The Morgan fingerprint density at radius 1 is 1.11 bits per heavy atom. The molecule has 0 bridgehead atoms. The van der Waals surface area contributed by atoms with Crippen molar-refractivity contribution in [2.45, 2.75) is 32.2 Å². The van der Waals surface area contributed by atoms with Crippen molar-refractivity contribution >= 4 is 26.6 Å². The lowest BCUT2D eigenvalue weighted by atomic mass is 10.00. The predicted octanol–water partition coefficient (Wildman–Crippen LogP) is 5.44. The van der Waals surface area contributed by atoms with E-state index in [2.05, 4.69) is 5.32 Å². The van der Waals surface area contributed by atoms with Crippen LogP contribution in [0.25, 0.3) is 27.7 Å². The Balaban J connectivity index is 1.59. The van der Waals surface area contributed by atoms with Crippen molar-refractivity contribution in [3.05, 3.63) is 84.3 Å². The molecule has 2 heterocycles. The van der Waals surface area contributed by atoms with Gasteiger partial charge in [-0.1, -0.05) is 18.2 Å². The van der Waals surface area contributed by atoms with Crippen LogP contribution in [0, 0.1) is 5.82 Å². The molecule has 1 aliphatic rings. The van der Waals surface area contributed by atoms with Crippen LogP contribution in [-0.4, -0.2) is 42.3 Å². The average molecular weight is 525 g/mol. The molecule has 1 fully saturated rings. The number of nitrogens with zero attached hydrogens (tertiary/aromatic N) is 1. The number of benzene rings is 3. The monoisotopic (exact) mass is 524 g/mol. The Morgan fingerprint density at radius 3 is 2.54 bits per heavy atom. The molecule has 192 valence electrons. The van der Waals surface area contributed by atoms with Crippen LogP contribution in [-0.2, 0) is 9.84 Å². The van der Waals surface area contributed by atoms with E-state index in [0.717, 1.165) is 27.7 Å². The van der Waals surface area contributed by atoms with Crippen LogP contribution >= 0.6 is 0 Å². The van der Waals surface area contributed by atoms with Gasteiger partial charge in [0, 0.05) is 41.4 Å². The standard InChI is InChI=1S/C28H26F2N2O4S/c1-18(29)36-23-5-3-4-22(15-23)32-16-25(19-6-9-21(30)10-7-19)24-14-20(8-11-26(24)32)27(33)31-28(2)12-13-37(34,35)17-28/h3-11,14-16,18H,12-13,17H2,1-2H3,(H,31,33)/t18?,28-/m0/s1. The Kier molecular flexibility index (Phi) is 6.27. The summed E-state index contributed by atoms with van der Waals surface area (Å²) in [4.78, 5) is 13.2. The summed E-state index contributed by atoms with van der Waals surface area (Å²) in [5.74, 6) is -0.414. The highest BCUT2D eigenvalue weighted by atomic mass is 32.2. The number of amides is 1. The fraction of sp³-hybridized carbons (Fsp3) is 0.250. The number of sulfone groups is 1. The topological polar surface area (TPSA) is 77.4 Å². The maximum Gasteiger partial charge on any atom is 0.251 e.